The number of rotatable bonds is 4. The summed E-state index contributed by atoms with van der Waals surface area (Å²) in [6.45, 7) is -0.0991. The quantitative estimate of drug-likeness (QED) is 0.817. The molecule has 0 aromatic heterocycles. The summed E-state index contributed by atoms with van der Waals surface area (Å²) in [5, 5.41) is 5.32. The first kappa shape index (κ1) is 15.2. The van der Waals surface area contributed by atoms with Gasteiger partial charge in [-0.2, -0.15) is 0 Å². The third kappa shape index (κ3) is 2.56. The number of nitrogens with one attached hydrogen (secondary N) is 2. The largest absolute Gasteiger partial charge is 0.351 e. The summed E-state index contributed by atoms with van der Waals surface area (Å²) in [5.41, 5.74) is 1.28. The van der Waals surface area contributed by atoms with Crippen molar-refractivity contribution >= 4 is 17.8 Å². The van der Waals surface area contributed by atoms with E-state index in [1.54, 1.807) is 0 Å². The van der Waals surface area contributed by atoms with Crippen LogP contribution in [0.15, 0.2) is 30.3 Å². The van der Waals surface area contributed by atoms with E-state index in [9.17, 15) is 14.4 Å². The predicted octanol–water partition coefficient (Wildman–Crippen LogP) is 1.24. The summed E-state index contributed by atoms with van der Waals surface area (Å²) < 4.78 is 0. The fourth-order valence-corrected chi connectivity index (χ4v) is 4.64. The van der Waals surface area contributed by atoms with Crippen LogP contribution in [0.4, 0.5) is 4.79 Å². The molecular weight excluding hydrogens is 306 g/mol. The molecule has 6 heteroatoms. The molecule has 0 bridgehead atoms. The maximum absolute atomic E-state index is 12.4. The molecule has 1 heterocycles. The molecule has 1 aromatic carbocycles. The number of carbonyl (C=O) groups excluding carboxylic acids is 3. The lowest BCUT2D eigenvalue weighted by molar-refractivity contribution is -0.124. The molecule has 126 valence electrons. The summed E-state index contributed by atoms with van der Waals surface area (Å²) in [6.07, 6.45) is 3.59. The number of nitrogens with zero attached hydrogens (tertiary/aromatic N) is 1. The Morgan fingerprint density at radius 3 is 2.62 bits per heavy atom. The van der Waals surface area contributed by atoms with Crippen LogP contribution in [0.2, 0.25) is 0 Å². The van der Waals surface area contributed by atoms with E-state index in [1.165, 1.54) is 23.3 Å². The smallest absolute Gasteiger partial charge is 0.325 e. The molecular formula is C18H21N3O3. The number of hydrogen-bond donors (Lipinski definition) is 2. The number of amides is 4. The molecule has 0 unspecified atom stereocenters. The highest BCUT2D eigenvalue weighted by Gasteiger charge is 2.53. The number of benzene rings is 1. The van der Waals surface area contributed by atoms with E-state index in [2.05, 4.69) is 22.8 Å². The standard InChI is InChI=1S/C18H21N3O3/c22-14(9-21-10-15(23)20-18(21)24)19-17-13-8-4-7-12(13)16(17)11-5-2-1-3-6-11/h1-3,5-6,12-13,16-17H,4,7-10H2,(H,19,22)(H,20,23,24)/t12-,13+,16+,17+/m0/s1. The molecule has 2 N–H and O–H groups in total. The second-order valence-electron chi connectivity index (χ2n) is 7.00. The highest BCUT2D eigenvalue weighted by molar-refractivity contribution is 6.03. The monoisotopic (exact) mass is 327 g/mol. The second-order valence-corrected chi connectivity index (χ2v) is 7.00. The van der Waals surface area contributed by atoms with Crippen molar-refractivity contribution in [3.05, 3.63) is 35.9 Å². The van der Waals surface area contributed by atoms with E-state index in [4.69, 9.17) is 0 Å². The van der Waals surface area contributed by atoms with Crippen LogP contribution >= 0.6 is 0 Å². The van der Waals surface area contributed by atoms with Gasteiger partial charge in [0.05, 0.1) is 0 Å². The third-order valence-corrected chi connectivity index (χ3v) is 5.65. The van der Waals surface area contributed by atoms with Gasteiger partial charge in [0.2, 0.25) is 11.8 Å². The minimum Gasteiger partial charge on any atom is -0.351 e. The normalized spacial score (nSPS) is 31.4. The van der Waals surface area contributed by atoms with Crippen LogP contribution in [0.3, 0.4) is 0 Å². The van der Waals surface area contributed by atoms with Gasteiger partial charge in [0.25, 0.3) is 0 Å². The number of hydrogen-bond acceptors (Lipinski definition) is 3. The van der Waals surface area contributed by atoms with Crippen LogP contribution in [0, 0.1) is 11.8 Å². The average molecular weight is 327 g/mol. The number of imide groups is 1. The van der Waals surface area contributed by atoms with Crippen molar-refractivity contribution in [3.63, 3.8) is 0 Å². The lowest BCUT2D eigenvalue weighted by atomic mass is 9.60. The summed E-state index contributed by atoms with van der Waals surface area (Å²) in [4.78, 5) is 36.4. The molecule has 3 aliphatic rings. The number of carbonyl (C=O) groups is 3. The van der Waals surface area contributed by atoms with Gasteiger partial charge in [-0.25, -0.2) is 4.79 Å². The highest BCUT2D eigenvalue weighted by atomic mass is 16.2. The van der Waals surface area contributed by atoms with Crippen LogP contribution in [-0.4, -0.2) is 41.9 Å². The first-order valence-electron chi connectivity index (χ1n) is 8.56. The average Bonchev–Trinajstić information content (AvgIpc) is 3.10. The molecule has 1 saturated heterocycles. The lowest BCUT2D eigenvalue weighted by Crippen LogP contribution is -2.58. The molecule has 2 aliphatic carbocycles. The van der Waals surface area contributed by atoms with Gasteiger partial charge in [-0.1, -0.05) is 36.8 Å². The summed E-state index contributed by atoms with van der Waals surface area (Å²) >= 11 is 0. The fraction of sp³-hybridized carbons (Fsp3) is 0.500. The molecule has 2 saturated carbocycles. The van der Waals surface area contributed by atoms with Crippen LogP contribution in [0.25, 0.3) is 0 Å². The van der Waals surface area contributed by atoms with Gasteiger partial charge in [-0.15, -0.1) is 0 Å². The van der Waals surface area contributed by atoms with E-state index < -0.39 is 6.03 Å². The molecule has 4 atom stereocenters. The Hall–Kier alpha value is -2.37. The van der Waals surface area contributed by atoms with Gasteiger partial charge in [-0.3, -0.25) is 14.9 Å². The minimum atomic E-state index is -0.484. The van der Waals surface area contributed by atoms with Crippen molar-refractivity contribution in [2.45, 2.75) is 31.2 Å². The maximum atomic E-state index is 12.4. The van der Waals surface area contributed by atoms with E-state index in [0.717, 1.165) is 6.42 Å². The van der Waals surface area contributed by atoms with Crippen LogP contribution in [-0.2, 0) is 9.59 Å². The first-order valence-corrected chi connectivity index (χ1v) is 8.56. The first-order chi connectivity index (χ1) is 11.6. The summed E-state index contributed by atoms with van der Waals surface area (Å²) in [7, 11) is 0. The number of urea groups is 1. The van der Waals surface area contributed by atoms with Crippen LogP contribution in [0.1, 0.15) is 30.7 Å². The minimum absolute atomic E-state index is 0.0366. The Bertz CT molecular complexity index is 675. The summed E-state index contributed by atoms with van der Waals surface area (Å²) in [5.74, 6) is 1.00. The van der Waals surface area contributed by atoms with E-state index in [0.29, 0.717) is 17.8 Å². The fourth-order valence-electron chi connectivity index (χ4n) is 4.64. The topological polar surface area (TPSA) is 78.5 Å². The van der Waals surface area contributed by atoms with E-state index >= 15 is 0 Å². The Morgan fingerprint density at radius 2 is 1.92 bits per heavy atom. The molecule has 6 nitrogen and oxygen atoms in total. The third-order valence-electron chi connectivity index (χ3n) is 5.65. The molecule has 24 heavy (non-hydrogen) atoms. The predicted molar refractivity (Wildman–Crippen MR) is 87.1 cm³/mol. The van der Waals surface area contributed by atoms with Crippen LogP contribution < -0.4 is 10.6 Å². The molecule has 4 amide bonds. The van der Waals surface area contributed by atoms with Gasteiger partial charge in [-0.05, 0) is 30.2 Å². The van der Waals surface area contributed by atoms with Gasteiger partial charge in [0.1, 0.15) is 13.1 Å². The van der Waals surface area contributed by atoms with Gasteiger partial charge in [0, 0.05) is 12.0 Å². The Balaban J connectivity index is 1.43. The second kappa shape index (κ2) is 5.92. The van der Waals surface area contributed by atoms with Crippen LogP contribution in [0.5, 0.6) is 0 Å². The maximum Gasteiger partial charge on any atom is 0.325 e. The van der Waals surface area contributed by atoms with Gasteiger partial charge in [0.15, 0.2) is 0 Å². The summed E-state index contributed by atoms with van der Waals surface area (Å²) in [6, 6.07) is 9.99. The van der Waals surface area contributed by atoms with Crippen molar-refractivity contribution < 1.29 is 14.4 Å². The van der Waals surface area contributed by atoms with E-state index in [1.807, 2.05) is 18.2 Å². The van der Waals surface area contributed by atoms with Crippen molar-refractivity contribution in [3.8, 4) is 0 Å². The Labute approximate surface area is 140 Å². The molecule has 3 fully saturated rings. The molecule has 1 aromatic rings. The molecule has 0 radical (unpaired) electrons. The number of fused-ring (bicyclic) bond motifs is 1. The molecule has 4 rings (SSSR count). The SMILES string of the molecule is O=C1CN(CC(=O)N[C@@H]2[C@@H]3CCC[C@@H]3[C@H]2c2ccccc2)C(=O)N1. The van der Waals surface area contributed by atoms with Gasteiger partial charge >= 0.3 is 6.03 Å². The molecule has 1 aliphatic heterocycles. The van der Waals surface area contributed by atoms with Gasteiger partial charge < -0.3 is 10.2 Å². The zero-order chi connectivity index (χ0) is 16.7. The van der Waals surface area contributed by atoms with Crippen molar-refractivity contribution in [1.29, 1.82) is 0 Å². The zero-order valence-corrected chi connectivity index (χ0v) is 13.4. The van der Waals surface area contributed by atoms with E-state index in [-0.39, 0.29) is 30.9 Å². The molecule has 0 spiro atoms. The lowest BCUT2D eigenvalue weighted by Gasteiger charge is -2.49. The Morgan fingerprint density at radius 1 is 1.17 bits per heavy atom. The highest BCUT2D eigenvalue weighted by Crippen LogP contribution is 2.55. The van der Waals surface area contributed by atoms with Crippen molar-refractivity contribution in [2.24, 2.45) is 11.8 Å². The van der Waals surface area contributed by atoms with Crippen molar-refractivity contribution in [1.82, 2.24) is 15.5 Å². The van der Waals surface area contributed by atoms with Crippen molar-refractivity contribution in [2.75, 3.05) is 13.1 Å². The zero-order valence-electron chi connectivity index (χ0n) is 13.4. The Kier molecular flexibility index (Phi) is 3.75.